The van der Waals surface area contributed by atoms with Crippen molar-refractivity contribution in [2.24, 2.45) is 20.5 Å². The lowest BCUT2D eigenvalue weighted by molar-refractivity contribution is 0.284. The number of fused-ring (bicyclic) bond motifs is 1. The van der Waals surface area contributed by atoms with Crippen molar-refractivity contribution in [3.63, 3.8) is 0 Å². The molecule has 5 rings (SSSR count). The molecule has 5 aromatic rings. The molecule has 0 aliphatic carbocycles. The second-order valence-electron chi connectivity index (χ2n) is 11.1. The molecule has 4 aromatic carbocycles. The van der Waals surface area contributed by atoms with Gasteiger partial charge >= 0.3 is 21.0 Å². The highest BCUT2D eigenvalue weighted by atomic mass is 32.3. The van der Waals surface area contributed by atoms with Gasteiger partial charge in [-0.1, -0.05) is 6.07 Å². The van der Waals surface area contributed by atoms with Gasteiger partial charge in [0.1, 0.15) is 22.6 Å². The molecule has 1 aromatic heterocycles. The van der Waals surface area contributed by atoms with Gasteiger partial charge in [0.05, 0.1) is 46.9 Å². The van der Waals surface area contributed by atoms with Gasteiger partial charge in [0.2, 0.25) is 5.95 Å². The van der Waals surface area contributed by atoms with Crippen molar-refractivity contribution in [3.8, 4) is 5.75 Å². The summed E-state index contributed by atoms with van der Waals surface area (Å²) in [5, 5.41) is 30.7. The average molecular weight is 905 g/mol. The molecule has 0 unspecified atom stereocenters. The molecule has 27 heteroatoms. The number of anilines is 2. The molecule has 0 amide bonds. The number of rotatable bonds is 11. The van der Waals surface area contributed by atoms with Crippen LogP contribution in [0.25, 0.3) is 10.8 Å². The third-order valence-corrected chi connectivity index (χ3v) is 10.2. The first-order chi connectivity index (χ1) is 27.5. The molecule has 0 fully saturated rings. The highest BCUT2D eigenvalue weighted by Gasteiger charge is 2.24. The van der Waals surface area contributed by atoms with E-state index in [9.17, 15) is 43.7 Å². The first-order valence-corrected chi connectivity index (χ1v) is 21.2. The number of nitrogen functional groups attached to an aromatic ring is 1. The zero-order chi connectivity index (χ0) is 44.7. The van der Waals surface area contributed by atoms with Crippen LogP contribution < -0.4 is 11.1 Å². The molecule has 21 nitrogen and oxygen atoms in total. The zero-order valence-corrected chi connectivity index (χ0v) is 34.2. The molecule has 0 radical (unpaired) electrons. The Bertz CT molecular complexity index is 2780. The minimum atomic E-state index is -4.91. The van der Waals surface area contributed by atoms with E-state index in [1.165, 1.54) is 30.5 Å². The fourth-order valence-corrected chi connectivity index (χ4v) is 6.70. The number of halogens is 2. The fraction of sp³-hybridized carbons (Fsp3) is 0.188. The molecule has 0 aliphatic heterocycles. The number of nitrogens with one attached hydrogen (secondary N) is 1. The first-order valence-electron chi connectivity index (χ1n) is 15.7. The third kappa shape index (κ3) is 15.0. The van der Waals surface area contributed by atoms with E-state index in [4.69, 9.17) is 22.9 Å². The van der Waals surface area contributed by atoms with E-state index in [0.717, 1.165) is 35.8 Å². The van der Waals surface area contributed by atoms with Gasteiger partial charge in [-0.2, -0.15) is 31.5 Å². The smallest absolute Gasteiger partial charge is 0.425 e. The predicted octanol–water partition coefficient (Wildman–Crippen LogP) is 5.65. The minimum Gasteiger partial charge on any atom is -0.505 e. The van der Waals surface area contributed by atoms with E-state index in [-0.39, 0.29) is 32.7 Å². The number of azo groups is 2. The van der Waals surface area contributed by atoms with Crippen LogP contribution in [0.3, 0.4) is 0 Å². The van der Waals surface area contributed by atoms with Crippen molar-refractivity contribution in [3.05, 3.63) is 90.3 Å². The summed E-state index contributed by atoms with van der Waals surface area (Å²) in [4.78, 5) is 5.76. The summed E-state index contributed by atoms with van der Waals surface area (Å²) in [6.45, 7) is 2.63. The van der Waals surface area contributed by atoms with Gasteiger partial charge in [-0.25, -0.2) is 22.6 Å². The van der Waals surface area contributed by atoms with Gasteiger partial charge in [0.15, 0.2) is 15.6 Å². The molecular formula is C32H34F2N8O13S4. The van der Waals surface area contributed by atoms with Crippen molar-refractivity contribution in [1.29, 1.82) is 0 Å². The lowest BCUT2D eigenvalue weighted by Gasteiger charge is -2.13. The van der Waals surface area contributed by atoms with Crippen LogP contribution in [0, 0.1) is 19.8 Å². The van der Waals surface area contributed by atoms with Crippen LogP contribution in [-0.2, 0) is 45.1 Å². The van der Waals surface area contributed by atoms with Gasteiger partial charge in [-0.05, 0) is 78.9 Å². The number of aromatic nitrogens is 2. The van der Waals surface area contributed by atoms with Gasteiger partial charge in [-0.3, -0.25) is 13.5 Å². The first kappa shape index (κ1) is 49.2. The number of sulfone groups is 1. The topological polar surface area (TPSA) is 337 Å². The summed E-state index contributed by atoms with van der Waals surface area (Å²) in [5.74, 6) is -1.68. The Labute approximate surface area is 337 Å². The summed E-state index contributed by atoms with van der Waals surface area (Å²) in [5.41, 5.74) is 8.09. The molecule has 318 valence electrons. The summed E-state index contributed by atoms with van der Waals surface area (Å²) in [6.07, 6.45) is 2.51. The quantitative estimate of drug-likeness (QED) is 0.0462. The molecule has 0 saturated carbocycles. The standard InChI is InChI=1S/C27H28N6O10S3.C4H3FN2.CH3F.O3S/c1-15-4-5-19(29-3)14-21(15)31-32-25-16(2)12-17-13-22(45(37,38)39)26(24(28)23(17)27(25)34)33-30-18-6-8-20(9-7-18)44(35,36)11-10-43-46(40,41)42;5-4-1-2-6-3-7-4;1-2;1-4(2)3/h4-9,12-14,29,34H,10-11,28H2,1-3H3,(H,37,38,39)(H,40,41,42);1-3H;1H3;. The second kappa shape index (κ2) is 21.7. The van der Waals surface area contributed by atoms with Crippen LogP contribution in [0.15, 0.2) is 103 Å². The largest absolute Gasteiger partial charge is 0.505 e. The summed E-state index contributed by atoms with van der Waals surface area (Å²) < 4.78 is 140. The molecule has 0 bridgehead atoms. The van der Waals surface area contributed by atoms with Gasteiger partial charge in [0.25, 0.3) is 10.1 Å². The Morgan fingerprint density at radius 3 is 1.97 bits per heavy atom. The van der Waals surface area contributed by atoms with E-state index >= 15 is 0 Å². The van der Waals surface area contributed by atoms with E-state index in [1.54, 1.807) is 20.0 Å². The SMILES string of the molecule is CF.CNc1ccc(C)c(N=Nc2c(C)cc3cc(S(=O)(=O)O)c(N=Nc4ccc(S(=O)(=O)CCOS(=O)(=O)O)cc4)c(N)c3c2O)c1.Fc1ccncn1.O=S(=O)=O. The number of phenolic OH excluding ortho intramolecular Hbond substituents is 1. The molecule has 6 N–H and O–H groups in total. The number of nitrogens with zero attached hydrogens (tertiary/aromatic N) is 6. The zero-order valence-electron chi connectivity index (χ0n) is 30.9. The summed E-state index contributed by atoms with van der Waals surface area (Å²) in [6, 6.07) is 13.9. The van der Waals surface area contributed by atoms with Gasteiger partial charge in [-0.15, -0.1) is 22.9 Å². The number of nitrogens with two attached hydrogens (primary N) is 1. The predicted molar refractivity (Wildman–Crippen MR) is 208 cm³/mol. The normalized spacial score (nSPS) is 11.5. The monoisotopic (exact) mass is 904 g/mol. The Balaban J connectivity index is 0.000000795. The third-order valence-electron chi connectivity index (χ3n) is 7.16. The number of hydrogen-bond donors (Lipinski definition) is 5. The van der Waals surface area contributed by atoms with Crippen molar-refractivity contribution < 1.29 is 65.1 Å². The Morgan fingerprint density at radius 2 is 1.46 bits per heavy atom. The molecule has 1 heterocycles. The minimum absolute atomic E-state index is 0.0323. The molecule has 0 aliphatic rings. The van der Waals surface area contributed by atoms with Crippen LogP contribution in [-0.4, -0.2) is 88.6 Å². The summed E-state index contributed by atoms with van der Waals surface area (Å²) in [7, 11) is -14.6. The van der Waals surface area contributed by atoms with E-state index in [1.807, 2.05) is 19.1 Å². The number of benzene rings is 4. The number of aromatic hydroxyl groups is 1. The van der Waals surface area contributed by atoms with Crippen LogP contribution in [0.1, 0.15) is 11.1 Å². The maximum atomic E-state index is 12.4. The van der Waals surface area contributed by atoms with Crippen molar-refractivity contribution in [2.45, 2.75) is 23.6 Å². The van der Waals surface area contributed by atoms with Gasteiger partial charge < -0.3 is 16.2 Å². The lowest BCUT2D eigenvalue weighted by Crippen LogP contribution is -2.15. The van der Waals surface area contributed by atoms with Gasteiger partial charge in [0, 0.05) is 25.0 Å². The molecule has 0 atom stereocenters. The Hall–Kier alpha value is -5.97. The van der Waals surface area contributed by atoms with Crippen molar-refractivity contribution >= 4 is 85.9 Å². The molecule has 0 saturated heterocycles. The number of hydrogen-bond acceptors (Lipinski definition) is 19. The van der Waals surface area contributed by atoms with Crippen LogP contribution >= 0.6 is 0 Å². The average Bonchev–Trinajstić information content (AvgIpc) is 3.15. The molecular weight excluding hydrogens is 871 g/mol. The molecule has 59 heavy (non-hydrogen) atoms. The van der Waals surface area contributed by atoms with E-state index < -0.39 is 75.6 Å². The van der Waals surface area contributed by atoms with Crippen molar-refractivity contribution in [2.75, 3.05) is 37.6 Å². The van der Waals surface area contributed by atoms with E-state index in [0.29, 0.717) is 18.4 Å². The fourth-order valence-electron chi connectivity index (χ4n) is 4.55. The highest BCUT2D eigenvalue weighted by molar-refractivity contribution is 7.91. The summed E-state index contributed by atoms with van der Waals surface area (Å²) >= 11 is 0. The second-order valence-corrected chi connectivity index (χ2v) is 16.0. The Kier molecular flexibility index (Phi) is 18.1. The number of alkyl halides is 1. The van der Waals surface area contributed by atoms with Crippen molar-refractivity contribution in [1.82, 2.24) is 9.97 Å². The maximum Gasteiger partial charge on any atom is 0.425 e. The van der Waals surface area contributed by atoms with Crippen LogP contribution in [0.4, 0.5) is 42.9 Å². The lowest BCUT2D eigenvalue weighted by atomic mass is 10.0. The molecule has 0 spiro atoms. The van der Waals surface area contributed by atoms with Crippen LogP contribution in [0.2, 0.25) is 0 Å². The van der Waals surface area contributed by atoms with E-state index in [2.05, 4.69) is 39.9 Å². The Morgan fingerprint density at radius 1 is 0.847 bits per heavy atom. The number of aryl methyl sites for hydroxylation is 2. The highest BCUT2D eigenvalue weighted by Crippen LogP contribution is 2.47. The van der Waals surface area contributed by atoms with Crippen LogP contribution in [0.5, 0.6) is 5.75 Å². The number of phenols is 1. The maximum absolute atomic E-state index is 12.4.